The van der Waals surface area contributed by atoms with Gasteiger partial charge in [0.25, 0.3) is 0 Å². The molecule has 4 heteroatoms. The number of nitrogens with one attached hydrogen (secondary N) is 2. The third-order valence-corrected chi connectivity index (χ3v) is 2.33. The fourth-order valence-corrected chi connectivity index (χ4v) is 1.55. The third kappa shape index (κ3) is 4.37. The van der Waals surface area contributed by atoms with Gasteiger partial charge in [-0.1, -0.05) is 12.2 Å². The summed E-state index contributed by atoms with van der Waals surface area (Å²) in [7, 11) is 0. The van der Waals surface area contributed by atoms with Crippen molar-refractivity contribution < 1.29 is 0 Å². The zero-order chi connectivity index (χ0) is 10.2. The van der Waals surface area contributed by atoms with Crippen molar-refractivity contribution >= 4 is 23.5 Å². The lowest BCUT2D eigenvalue weighted by molar-refractivity contribution is 0.624. The topological polar surface area (TPSA) is 36.4 Å². The Morgan fingerprint density at radius 1 is 1.64 bits per heavy atom. The number of hydrogen-bond acceptors (Lipinski definition) is 2. The summed E-state index contributed by atoms with van der Waals surface area (Å²) in [5.41, 5.74) is 2.80. The molecule has 1 rings (SSSR count). The zero-order valence-electron chi connectivity index (χ0n) is 8.49. The van der Waals surface area contributed by atoms with Crippen LogP contribution >= 0.6 is 12.2 Å². The fraction of sp³-hybridized carbons (Fsp3) is 0.600. The molecule has 1 atom stereocenters. The van der Waals surface area contributed by atoms with Gasteiger partial charge in [0.2, 0.25) is 0 Å². The van der Waals surface area contributed by atoms with Crippen LogP contribution in [0.1, 0.15) is 26.2 Å². The molecular weight excluding hydrogens is 194 g/mol. The number of rotatable bonds is 3. The maximum atomic E-state index is 4.97. The molecule has 3 nitrogen and oxygen atoms in total. The van der Waals surface area contributed by atoms with Crippen LogP contribution in [0, 0.1) is 5.92 Å². The highest BCUT2D eigenvalue weighted by Crippen LogP contribution is 2.15. The van der Waals surface area contributed by atoms with E-state index in [-0.39, 0.29) is 0 Å². The Hall–Kier alpha value is -0.900. The lowest BCUT2D eigenvalue weighted by Gasteiger charge is -2.12. The molecule has 0 bridgehead atoms. The molecule has 0 amide bonds. The molecule has 0 aromatic carbocycles. The van der Waals surface area contributed by atoms with Crippen LogP contribution in [-0.4, -0.2) is 17.9 Å². The van der Waals surface area contributed by atoms with Gasteiger partial charge in [0, 0.05) is 12.8 Å². The molecule has 0 heterocycles. The van der Waals surface area contributed by atoms with E-state index in [0.717, 1.165) is 19.4 Å². The predicted molar refractivity (Wildman–Crippen MR) is 64.4 cm³/mol. The van der Waals surface area contributed by atoms with Gasteiger partial charge in [-0.05, 0) is 44.3 Å². The Labute approximate surface area is 90.7 Å². The van der Waals surface area contributed by atoms with Crippen LogP contribution in [0.3, 0.4) is 0 Å². The number of thiocarbonyl (C=S) groups is 1. The van der Waals surface area contributed by atoms with Crippen molar-refractivity contribution in [2.75, 3.05) is 6.54 Å². The van der Waals surface area contributed by atoms with E-state index in [4.69, 9.17) is 12.2 Å². The monoisotopic (exact) mass is 211 g/mol. The minimum atomic E-state index is 0.567. The second-order valence-corrected chi connectivity index (χ2v) is 3.70. The molecule has 2 N–H and O–H groups in total. The summed E-state index contributed by atoms with van der Waals surface area (Å²) in [5.74, 6) is 0.567. The van der Waals surface area contributed by atoms with Crippen molar-refractivity contribution in [2.45, 2.75) is 26.2 Å². The minimum Gasteiger partial charge on any atom is -0.362 e. The largest absolute Gasteiger partial charge is 0.362 e. The first-order chi connectivity index (χ1) is 6.83. The fourth-order valence-electron chi connectivity index (χ4n) is 1.35. The molecule has 0 aliphatic heterocycles. The maximum Gasteiger partial charge on any atom is 0.186 e. The Balaban J connectivity index is 2.19. The SMILES string of the molecule is CCNC(=S)N/N=C/[C@@H]1CC=CCC1. The van der Waals surface area contributed by atoms with Gasteiger partial charge in [-0.15, -0.1) is 0 Å². The minimum absolute atomic E-state index is 0.567. The van der Waals surface area contributed by atoms with Crippen molar-refractivity contribution in [3.63, 3.8) is 0 Å². The second-order valence-electron chi connectivity index (χ2n) is 3.29. The van der Waals surface area contributed by atoms with Crippen LogP contribution in [-0.2, 0) is 0 Å². The number of nitrogens with zero attached hydrogens (tertiary/aromatic N) is 1. The van der Waals surface area contributed by atoms with Gasteiger partial charge < -0.3 is 5.32 Å². The van der Waals surface area contributed by atoms with E-state index < -0.39 is 0 Å². The normalized spacial score (nSPS) is 21.1. The highest BCUT2D eigenvalue weighted by molar-refractivity contribution is 7.80. The maximum absolute atomic E-state index is 4.97. The molecule has 0 unspecified atom stereocenters. The zero-order valence-corrected chi connectivity index (χ0v) is 9.31. The van der Waals surface area contributed by atoms with Gasteiger partial charge >= 0.3 is 0 Å². The molecule has 0 aromatic rings. The number of hydrazone groups is 1. The van der Waals surface area contributed by atoms with Gasteiger partial charge in [-0.3, -0.25) is 5.43 Å². The summed E-state index contributed by atoms with van der Waals surface area (Å²) in [5, 5.41) is 7.67. The lowest BCUT2D eigenvalue weighted by atomic mass is 9.96. The van der Waals surface area contributed by atoms with Crippen LogP contribution in [0.25, 0.3) is 0 Å². The predicted octanol–water partition coefficient (Wildman–Crippen LogP) is 1.81. The summed E-state index contributed by atoms with van der Waals surface area (Å²) >= 11 is 4.97. The summed E-state index contributed by atoms with van der Waals surface area (Å²) in [4.78, 5) is 0. The summed E-state index contributed by atoms with van der Waals surface area (Å²) < 4.78 is 0. The van der Waals surface area contributed by atoms with Gasteiger partial charge in [0.1, 0.15) is 0 Å². The smallest absolute Gasteiger partial charge is 0.186 e. The van der Waals surface area contributed by atoms with E-state index in [2.05, 4.69) is 28.0 Å². The molecule has 0 radical (unpaired) electrons. The molecule has 0 fully saturated rings. The highest BCUT2D eigenvalue weighted by atomic mass is 32.1. The molecule has 1 aliphatic rings. The molecule has 14 heavy (non-hydrogen) atoms. The van der Waals surface area contributed by atoms with Crippen LogP contribution < -0.4 is 10.7 Å². The standard InChI is InChI=1S/C10H17N3S/c1-2-11-10(14)13-12-8-9-6-4-3-5-7-9/h3-4,8-9H,2,5-7H2,1H3,(H2,11,13,14)/b12-8+/t9-/m1/s1. The quantitative estimate of drug-likeness (QED) is 0.323. The van der Waals surface area contributed by atoms with Crippen molar-refractivity contribution in [3.05, 3.63) is 12.2 Å². The molecule has 0 aromatic heterocycles. The molecule has 78 valence electrons. The van der Waals surface area contributed by atoms with Crippen LogP contribution in [0.2, 0.25) is 0 Å². The molecular formula is C10H17N3S. The van der Waals surface area contributed by atoms with Crippen molar-refractivity contribution in [1.29, 1.82) is 0 Å². The number of allylic oxidation sites excluding steroid dienone is 2. The summed E-state index contributed by atoms with van der Waals surface area (Å²) in [6, 6.07) is 0. The average Bonchev–Trinajstić information content (AvgIpc) is 2.20. The molecule has 1 aliphatic carbocycles. The third-order valence-electron chi connectivity index (χ3n) is 2.10. The van der Waals surface area contributed by atoms with E-state index in [1.54, 1.807) is 0 Å². The molecule has 0 spiro atoms. The van der Waals surface area contributed by atoms with E-state index in [0.29, 0.717) is 11.0 Å². The van der Waals surface area contributed by atoms with Crippen LogP contribution in [0.15, 0.2) is 17.3 Å². The van der Waals surface area contributed by atoms with Crippen molar-refractivity contribution in [2.24, 2.45) is 11.0 Å². The molecule has 0 saturated heterocycles. The van der Waals surface area contributed by atoms with Gasteiger partial charge in [0.05, 0.1) is 0 Å². The highest BCUT2D eigenvalue weighted by Gasteiger charge is 2.05. The Bertz CT molecular complexity index is 236. The average molecular weight is 211 g/mol. The van der Waals surface area contributed by atoms with Crippen LogP contribution in [0.4, 0.5) is 0 Å². The van der Waals surface area contributed by atoms with Gasteiger partial charge in [-0.25, -0.2) is 0 Å². The molecule has 0 saturated carbocycles. The van der Waals surface area contributed by atoms with E-state index >= 15 is 0 Å². The van der Waals surface area contributed by atoms with E-state index in [9.17, 15) is 0 Å². The van der Waals surface area contributed by atoms with Crippen molar-refractivity contribution in [1.82, 2.24) is 10.7 Å². The first-order valence-corrected chi connectivity index (χ1v) is 5.45. The first kappa shape index (κ1) is 11.2. The Kier molecular flexibility index (Phi) is 5.22. The summed E-state index contributed by atoms with van der Waals surface area (Å²) in [6.07, 6.45) is 9.83. The van der Waals surface area contributed by atoms with Gasteiger partial charge in [-0.2, -0.15) is 5.10 Å². The summed E-state index contributed by atoms with van der Waals surface area (Å²) in [6.45, 7) is 2.83. The Morgan fingerprint density at radius 3 is 3.14 bits per heavy atom. The van der Waals surface area contributed by atoms with E-state index in [1.165, 1.54) is 6.42 Å². The Morgan fingerprint density at radius 2 is 2.50 bits per heavy atom. The van der Waals surface area contributed by atoms with Crippen molar-refractivity contribution in [3.8, 4) is 0 Å². The van der Waals surface area contributed by atoms with Crippen LogP contribution in [0.5, 0.6) is 0 Å². The number of hydrogen-bond donors (Lipinski definition) is 2. The lowest BCUT2D eigenvalue weighted by Crippen LogP contribution is -2.31. The second kappa shape index (κ2) is 6.54. The first-order valence-electron chi connectivity index (χ1n) is 5.05. The van der Waals surface area contributed by atoms with Gasteiger partial charge in [0.15, 0.2) is 5.11 Å². The van der Waals surface area contributed by atoms with E-state index in [1.807, 2.05) is 13.1 Å².